The number of carboxylic acid groups (broad SMARTS) is 1. The normalized spacial score (nSPS) is 9.81. The fourth-order valence-corrected chi connectivity index (χ4v) is 1.42. The molecule has 86 valence electrons. The Balaban J connectivity index is 3.06. The van der Waals surface area contributed by atoms with Crippen molar-refractivity contribution in [2.75, 3.05) is 18.0 Å². The van der Waals surface area contributed by atoms with Gasteiger partial charge in [0.15, 0.2) is 11.5 Å². The third kappa shape index (κ3) is 2.79. The molecule has 16 heavy (non-hydrogen) atoms. The van der Waals surface area contributed by atoms with Gasteiger partial charge >= 0.3 is 5.97 Å². The van der Waals surface area contributed by atoms with E-state index in [0.717, 1.165) is 13.0 Å². The second-order valence-corrected chi connectivity index (χ2v) is 3.27. The van der Waals surface area contributed by atoms with Gasteiger partial charge in [0.05, 0.1) is 0 Å². The molecule has 5 heteroatoms. The highest BCUT2D eigenvalue weighted by Crippen LogP contribution is 2.15. The van der Waals surface area contributed by atoms with E-state index in [9.17, 15) is 4.79 Å². The van der Waals surface area contributed by atoms with Gasteiger partial charge in [-0.15, -0.1) is 6.58 Å². The summed E-state index contributed by atoms with van der Waals surface area (Å²) in [5.41, 5.74) is -0.0159. The topological polar surface area (TPSA) is 66.3 Å². The van der Waals surface area contributed by atoms with Crippen molar-refractivity contribution in [2.24, 2.45) is 0 Å². The molecule has 0 saturated carbocycles. The van der Waals surface area contributed by atoms with Gasteiger partial charge in [0.25, 0.3) is 0 Å². The molecule has 0 aliphatic carbocycles. The Morgan fingerprint density at radius 3 is 2.81 bits per heavy atom. The van der Waals surface area contributed by atoms with Crippen molar-refractivity contribution in [1.82, 2.24) is 9.97 Å². The summed E-state index contributed by atoms with van der Waals surface area (Å²) in [4.78, 5) is 20.7. The molecule has 0 amide bonds. The molecule has 0 unspecified atom stereocenters. The van der Waals surface area contributed by atoms with E-state index < -0.39 is 5.97 Å². The van der Waals surface area contributed by atoms with E-state index in [0.29, 0.717) is 12.4 Å². The molecule has 0 atom stereocenters. The molecule has 1 aromatic rings. The van der Waals surface area contributed by atoms with Crippen LogP contribution in [0.15, 0.2) is 25.0 Å². The Kier molecular flexibility index (Phi) is 4.44. The summed E-state index contributed by atoms with van der Waals surface area (Å²) in [5.74, 6) is -0.662. The maximum absolute atomic E-state index is 11.0. The van der Waals surface area contributed by atoms with Crippen LogP contribution in [-0.4, -0.2) is 34.1 Å². The number of aromatic carboxylic acids is 1. The number of rotatable bonds is 6. The molecule has 0 bridgehead atoms. The number of hydrogen-bond donors (Lipinski definition) is 1. The summed E-state index contributed by atoms with van der Waals surface area (Å²) in [6.45, 7) is 6.96. The highest BCUT2D eigenvalue weighted by Gasteiger charge is 2.17. The molecule has 1 heterocycles. The summed E-state index contributed by atoms with van der Waals surface area (Å²) >= 11 is 0. The Labute approximate surface area is 94.5 Å². The van der Waals surface area contributed by atoms with E-state index in [4.69, 9.17) is 5.11 Å². The van der Waals surface area contributed by atoms with E-state index in [1.807, 2.05) is 11.8 Å². The zero-order valence-corrected chi connectivity index (χ0v) is 9.26. The minimum Gasteiger partial charge on any atom is -0.476 e. The predicted octanol–water partition coefficient (Wildman–Crippen LogP) is 1.58. The summed E-state index contributed by atoms with van der Waals surface area (Å²) in [5, 5.41) is 9.00. The molecule has 0 radical (unpaired) electrons. The van der Waals surface area contributed by atoms with E-state index >= 15 is 0 Å². The summed E-state index contributed by atoms with van der Waals surface area (Å²) in [6.07, 6.45) is 5.50. The van der Waals surface area contributed by atoms with Crippen molar-refractivity contribution in [3.63, 3.8) is 0 Å². The predicted molar refractivity (Wildman–Crippen MR) is 61.7 cm³/mol. The molecule has 0 fully saturated rings. The molecule has 1 rings (SSSR count). The van der Waals surface area contributed by atoms with Gasteiger partial charge in [-0.3, -0.25) is 0 Å². The van der Waals surface area contributed by atoms with Crippen molar-refractivity contribution in [3.8, 4) is 0 Å². The molecule has 0 aromatic carbocycles. The van der Waals surface area contributed by atoms with Crippen LogP contribution in [0.2, 0.25) is 0 Å². The Morgan fingerprint density at radius 2 is 2.25 bits per heavy atom. The van der Waals surface area contributed by atoms with Gasteiger partial charge in [-0.1, -0.05) is 13.0 Å². The van der Waals surface area contributed by atoms with Gasteiger partial charge in [0.2, 0.25) is 0 Å². The zero-order chi connectivity index (χ0) is 12.0. The van der Waals surface area contributed by atoms with Crippen LogP contribution >= 0.6 is 0 Å². The summed E-state index contributed by atoms with van der Waals surface area (Å²) in [6, 6.07) is 0. The van der Waals surface area contributed by atoms with Gasteiger partial charge in [-0.25, -0.2) is 14.8 Å². The van der Waals surface area contributed by atoms with Crippen molar-refractivity contribution in [3.05, 3.63) is 30.7 Å². The van der Waals surface area contributed by atoms with E-state index in [2.05, 4.69) is 16.5 Å². The van der Waals surface area contributed by atoms with Crippen molar-refractivity contribution < 1.29 is 9.90 Å². The van der Waals surface area contributed by atoms with E-state index in [1.165, 1.54) is 12.4 Å². The molecule has 0 spiro atoms. The van der Waals surface area contributed by atoms with Crippen LogP contribution in [0.3, 0.4) is 0 Å². The highest BCUT2D eigenvalue weighted by atomic mass is 16.4. The second-order valence-electron chi connectivity index (χ2n) is 3.27. The third-order valence-corrected chi connectivity index (χ3v) is 2.02. The molecule has 0 aliphatic heterocycles. The average Bonchev–Trinajstić information content (AvgIpc) is 2.29. The maximum Gasteiger partial charge on any atom is 0.358 e. The monoisotopic (exact) mass is 221 g/mol. The van der Waals surface area contributed by atoms with Crippen LogP contribution < -0.4 is 4.90 Å². The van der Waals surface area contributed by atoms with Gasteiger partial charge in [-0.05, 0) is 6.42 Å². The number of anilines is 1. The van der Waals surface area contributed by atoms with Crippen molar-refractivity contribution in [2.45, 2.75) is 13.3 Å². The second kappa shape index (κ2) is 5.85. The number of hydrogen-bond acceptors (Lipinski definition) is 4. The third-order valence-electron chi connectivity index (χ3n) is 2.02. The van der Waals surface area contributed by atoms with E-state index in [1.54, 1.807) is 6.08 Å². The lowest BCUT2D eigenvalue weighted by Crippen LogP contribution is -2.27. The Hall–Kier alpha value is -1.91. The smallest absolute Gasteiger partial charge is 0.358 e. The average molecular weight is 221 g/mol. The Morgan fingerprint density at radius 1 is 1.56 bits per heavy atom. The van der Waals surface area contributed by atoms with Crippen LogP contribution in [0.1, 0.15) is 23.8 Å². The quantitative estimate of drug-likeness (QED) is 0.739. The first kappa shape index (κ1) is 12.2. The zero-order valence-electron chi connectivity index (χ0n) is 9.26. The molecule has 1 aromatic heterocycles. The van der Waals surface area contributed by atoms with Crippen LogP contribution in [0.25, 0.3) is 0 Å². The Bertz CT molecular complexity index is 379. The van der Waals surface area contributed by atoms with Gasteiger partial charge in [0, 0.05) is 25.5 Å². The van der Waals surface area contributed by atoms with Gasteiger partial charge < -0.3 is 10.0 Å². The lowest BCUT2D eigenvalue weighted by atomic mass is 10.3. The largest absolute Gasteiger partial charge is 0.476 e. The first-order valence-electron chi connectivity index (χ1n) is 5.10. The maximum atomic E-state index is 11.0. The molecule has 5 nitrogen and oxygen atoms in total. The minimum atomic E-state index is -1.06. The number of aromatic nitrogens is 2. The van der Waals surface area contributed by atoms with E-state index in [-0.39, 0.29) is 5.69 Å². The van der Waals surface area contributed by atoms with Crippen LogP contribution in [-0.2, 0) is 0 Å². The van der Waals surface area contributed by atoms with Crippen LogP contribution in [0.4, 0.5) is 5.82 Å². The highest BCUT2D eigenvalue weighted by molar-refractivity contribution is 5.90. The fraction of sp³-hybridized carbons (Fsp3) is 0.364. The molecule has 0 saturated heterocycles. The lowest BCUT2D eigenvalue weighted by Gasteiger charge is -2.22. The lowest BCUT2D eigenvalue weighted by molar-refractivity contribution is 0.0690. The van der Waals surface area contributed by atoms with Crippen LogP contribution in [0.5, 0.6) is 0 Å². The molecular weight excluding hydrogens is 206 g/mol. The number of carboxylic acids is 1. The summed E-state index contributed by atoms with van der Waals surface area (Å²) < 4.78 is 0. The van der Waals surface area contributed by atoms with Crippen LogP contribution in [0, 0.1) is 0 Å². The van der Waals surface area contributed by atoms with Crippen molar-refractivity contribution >= 4 is 11.8 Å². The molecule has 1 N–H and O–H groups in total. The first-order valence-corrected chi connectivity index (χ1v) is 5.10. The van der Waals surface area contributed by atoms with Crippen molar-refractivity contribution in [1.29, 1.82) is 0 Å². The number of carbonyl (C=O) groups is 1. The fourth-order valence-electron chi connectivity index (χ4n) is 1.42. The standard InChI is InChI=1S/C11H15N3O2/c1-3-7-14(8-4-2)10-9(11(15)16)12-5-6-13-10/h3,5-6H,1,4,7-8H2,2H3,(H,15,16). The minimum absolute atomic E-state index is 0.0159. The molecular formula is C11H15N3O2. The van der Waals surface area contributed by atoms with Gasteiger partial charge in [0.1, 0.15) is 0 Å². The van der Waals surface area contributed by atoms with Gasteiger partial charge in [-0.2, -0.15) is 0 Å². The number of nitrogens with zero attached hydrogens (tertiary/aromatic N) is 3. The summed E-state index contributed by atoms with van der Waals surface area (Å²) in [7, 11) is 0. The SMILES string of the molecule is C=CCN(CCC)c1nccnc1C(=O)O. The molecule has 0 aliphatic rings. The first-order chi connectivity index (χ1) is 7.70.